The molecule has 39 heavy (non-hydrogen) atoms. The number of aryl methyl sites for hydroxylation is 2. The minimum atomic E-state index is -0.0567. The Kier molecular flexibility index (Phi) is 9.59. The van der Waals surface area contributed by atoms with Gasteiger partial charge in [-0.2, -0.15) is 0 Å². The second kappa shape index (κ2) is 12.9. The molecular formula is C30H47N7OS. The van der Waals surface area contributed by atoms with Crippen molar-refractivity contribution in [1.82, 2.24) is 35.5 Å². The molecule has 0 amide bonds. The van der Waals surface area contributed by atoms with Gasteiger partial charge < -0.3 is 10.1 Å². The topological polar surface area (TPSA) is 86.4 Å². The molecule has 5 unspecified atom stereocenters. The maximum absolute atomic E-state index is 6.79. The molecule has 3 fully saturated rings. The van der Waals surface area contributed by atoms with E-state index in [4.69, 9.17) is 4.74 Å². The van der Waals surface area contributed by atoms with Gasteiger partial charge in [0.2, 0.25) is 0 Å². The van der Waals surface area contributed by atoms with E-state index in [2.05, 4.69) is 88.4 Å². The van der Waals surface area contributed by atoms with Crippen LogP contribution in [0.4, 0.5) is 0 Å². The van der Waals surface area contributed by atoms with E-state index in [9.17, 15) is 0 Å². The van der Waals surface area contributed by atoms with Gasteiger partial charge in [-0.15, -0.1) is 0 Å². The fourth-order valence-electron chi connectivity index (χ4n) is 6.36. The highest BCUT2D eigenvalue weighted by Gasteiger charge is 2.35. The van der Waals surface area contributed by atoms with Gasteiger partial charge in [0.1, 0.15) is 18.3 Å². The molecule has 0 radical (unpaired) electrons. The molecule has 4 N–H and O–H groups in total. The highest BCUT2D eigenvalue weighted by molar-refractivity contribution is 7.98. The second-order valence-corrected chi connectivity index (χ2v) is 13.8. The number of hydrogen-bond acceptors (Lipinski definition) is 9. The Morgan fingerprint density at radius 2 is 1.79 bits per heavy atom. The van der Waals surface area contributed by atoms with Crippen LogP contribution in [0.5, 0.6) is 0 Å². The predicted octanol–water partition coefficient (Wildman–Crippen LogP) is 4.37. The van der Waals surface area contributed by atoms with Gasteiger partial charge in [0, 0.05) is 43.5 Å². The summed E-state index contributed by atoms with van der Waals surface area (Å²) in [4.78, 5) is 11.8. The van der Waals surface area contributed by atoms with Crippen LogP contribution in [-0.4, -0.2) is 58.0 Å². The third kappa shape index (κ3) is 8.00. The number of nitrogens with zero attached hydrogens (tertiary/aromatic N) is 3. The maximum atomic E-state index is 6.79. The monoisotopic (exact) mass is 553 g/mol. The minimum absolute atomic E-state index is 0.0458. The van der Waals surface area contributed by atoms with Gasteiger partial charge in [-0.1, -0.05) is 50.9 Å². The molecule has 0 saturated carbocycles. The third-order valence-corrected chi connectivity index (χ3v) is 9.13. The van der Waals surface area contributed by atoms with Gasteiger partial charge in [0.15, 0.2) is 0 Å². The van der Waals surface area contributed by atoms with Crippen molar-refractivity contribution in [2.75, 3.05) is 13.2 Å². The smallest absolute Gasteiger partial charge is 0.142 e. The van der Waals surface area contributed by atoms with E-state index in [1.54, 1.807) is 11.9 Å². The molecule has 0 aliphatic carbocycles. The average Bonchev–Trinajstić information content (AvgIpc) is 2.90. The van der Waals surface area contributed by atoms with E-state index in [1.807, 2.05) is 18.5 Å². The van der Waals surface area contributed by atoms with Crippen molar-refractivity contribution in [3.8, 4) is 0 Å². The summed E-state index contributed by atoms with van der Waals surface area (Å²) in [5.74, 6) is 0.874. The Bertz CT molecular complexity index is 1040. The summed E-state index contributed by atoms with van der Waals surface area (Å²) in [6.07, 6.45) is 9.09. The van der Waals surface area contributed by atoms with Crippen LogP contribution >= 0.6 is 11.9 Å². The molecule has 3 aliphatic heterocycles. The van der Waals surface area contributed by atoms with Crippen molar-refractivity contribution >= 4 is 11.9 Å². The molecule has 214 valence electrons. The number of rotatable bonds is 4. The zero-order valence-corrected chi connectivity index (χ0v) is 25.1. The molecule has 3 aliphatic rings. The number of ether oxygens (including phenoxy) is 1. The molecule has 3 saturated heterocycles. The van der Waals surface area contributed by atoms with Crippen LogP contribution in [0.3, 0.4) is 0 Å². The molecule has 0 spiro atoms. The summed E-state index contributed by atoms with van der Waals surface area (Å²) in [5, 5.41) is 11.9. The van der Waals surface area contributed by atoms with E-state index in [0.29, 0.717) is 18.0 Å². The summed E-state index contributed by atoms with van der Waals surface area (Å²) in [6.45, 7) is 13.8. The molecule has 5 rings (SSSR count). The Hall–Kier alpha value is -1.59. The fourth-order valence-corrected chi connectivity index (χ4v) is 7.34. The van der Waals surface area contributed by atoms with Crippen LogP contribution in [0.25, 0.3) is 0 Å². The van der Waals surface area contributed by atoms with Crippen LogP contribution in [-0.2, 0) is 11.3 Å². The van der Waals surface area contributed by atoms with Crippen molar-refractivity contribution in [3.05, 3.63) is 59.2 Å². The van der Waals surface area contributed by atoms with Gasteiger partial charge in [-0.3, -0.25) is 15.5 Å². The molecule has 1 aromatic carbocycles. The van der Waals surface area contributed by atoms with Gasteiger partial charge >= 0.3 is 0 Å². The van der Waals surface area contributed by atoms with Crippen molar-refractivity contribution in [2.24, 2.45) is 5.41 Å². The Morgan fingerprint density at radius 1 is 1.03 bits per heavy atom. The molecule has 8 nitrogen and oxygen atoms in total. The van der Waals surface area contributed by atoms with E-state index in [1.165, 1.54) is 29.5 Å². The Labute approximate surface area is 239 Å². The predicted molar refractivity (Wildman–Crippen MR) is 159 cm³/mol. The quantitative estimate of drug-likeness (QED) is 0.413. The summed E-state index contributed by atoms with van der Waals surface area (Å²) in [5.41, 5.74) is 4.21. The minimum Gasteiger partial charge on any atom is -0.362 e. The SMILES string of the molecule is Cc1cccc(C)c1C1CC2NC(NSC3CCCC(CN(Cc4ncccn4)[C@H](CC(C)(C)C)CO2)N3)N1. The van der Waals surface area contributed by atoms with Crippen molar-refractivity contribution < 1.29 is 4.74 Å². The van der Waals surface area contributed by atoms with Gasteiger partial charge in [-0.25, -0.2) is 14.7 Å². The standard InChI is InChI=1S/C30H47N7OS/c1-20-9-6-10-21(2)28(20)24-15-26-35-29(34-24)36-39-27-12-7-11-22(33-27)17-37(18-25-31-13-8-14-32-25)23(19-38-26)16-30(3,4)5/h6,8-10,13-14,22-24,26-27,29,33-36H,7,11-12,15-19H2,1-5H3/t22?,23-,24?,26?,27?,29?/m1/s1. The average molecular weight is 554 g/mol. The van der Waals surface area contributed by atoms with Crippen molar-refractivity contribution in [2.45, 2.75) is 109 Å². The normalized spacial score (nSPS) is 31.1. The number of hydrogen-bond donors (Lipinski definition) is 4. The van der Waals surface area contributed by atoms with Crippen LogP contribution in [0.2, 0.25) is 0 Å². The summed E-state index contributed by atoms with van der Waals surface area (Å²) >= 11 is 1.80. The second-order valence-electron chi connectivity index (χ2n) is 12.7. The van der Waals surface area contributed by atoms with Gasteiger partial charge in [0.25, 0.3) is 0 Å². The van der Waals surface area contributed by atoms with E-state index < -0.39 is 0 Å². The zero-order chi connectivity index (χ0) is 27.4. The van der Waals surface area contributed by atoms with Crippen molar-refractivity contribution in [3.63, 3.8) is 0 Å². The lowest BCUT2D eigenvalue weighted by atomic mass is 9.87. The van der Waals surface area contributed by atoms with Crippen LogP contribution in [0.1, 0.15) is 81.4 Å². The van der Waals surface area contributed by atoms with E-state index in [-0.39, 0.29) is 30.0 Å². The first-order chi connectivity index (χ1) is 18.7. The number of nitrogens with one attached hydrogen (secondary N) is 4. The van der Waals surface area contributed by atoms with Crippen LogP contribution in [0, 0.1) is 19.3 Å². The molecule has 6 atom stereocenters. The summed E-state index contributed by atoms with van der Waals surface area (Å²) < 4.78 is 10.5. The first kappa shape index (κ1) is 28.9. The number of aromatic nitrogens is 2. The lowest BCUT2D eigenvalue weighted by molar-refractivity contribution is -0.0506. The highest BCUT2D eigenvalue weighted by Crippen LogP contribution is 2.31. The molecule has 1 aromatic heterocycles. The lowest BCUT2D eigenvalue weighted by Gasteiger charge is -2.40. The Morgan fingerprint density at radius 3 is 2.54 bits per heavy atom. The molecule has 2 aromatic rings. The molecule has 4 bridgehead atoms. The zero-order valence-electron chi connectivity index (χ0n) is 24.2. The number of benzene rings is 1. The van der Waals surface area contributed by atoms with Gasteiger partial charge in [0.05, 0.1) is 18.5 Å². The van der Waals surface area contributed by atoms with Crippen LogP contribution in [0.15, 0.2) is 36.7 Å². The molecular weight excluding hydrogens is 506 g/mol. The third-order valence-electron chi connectivity index (χ3n) is 8.10. The van der Waals surface area contributed by atoms with Crippen LogP contribution < -0.4 is 20.7 Å². The largest absolute Gasteiger partial charge is 0.362 e. The highest BCUT2D eigenvalue weighted by atomic mass is 32.2. The number of fused-ring (bicyclic) bond motifs is 4. The first-order valence-electron chi connectivity index (χ1n) is 14.6. The Balaban J connectivity index is 1.43. The van der Waals surface area contributed by atoms with E-state index >= 15 is 0 Å². The first-order valence-corrected chi connectivity index (χ1v) is 15.5. The molecule has 4 heterocycles. The fraction of sp³-hybridized carbons (Fsp3) is 0.667. The van der Waals surface area contributed by atoms with E-state index in [0.717, 1.165) is 38.2 Å². The van der Waals surface area contributed by atoms with Crippen molar-refractivity contribution in [1.29, 1.82) is 0 Å². The summed E-state index contributed by atoms with van der Waals surface area (Å²) in [7, 11) is 0. The van der Waals surface area contributed by atoms with Gasteiger partial charge in [-0.05, 0) is 67.7 Å². The molecule has 9 heteroatoms. The summed E-state index contributed by atoms with van der Waals surface area (Å²) in [6, 6.07) is 9.37. The number of piperidine rings is 1. The maximum Gasteiger partial charge on any atom is 0.142 e. The lowest BCUT2D eigenvalue weighted by Crippen LogP contribution is -2.61.